The molecular weight excluding hydrogens is 462 g/mol. The van der Waals surface area contributed by atoms with Gasteiger partial charge in [0, 0.05) is 11.4 Å². The molecule has 2 aromatic rings. The second-order valence-electron chi connectivity index (χ2n) is 11.1. The minimum Gasteiger partial charge on any atom is -0.493 e. The van der Waals surface area contributed by atoms with E-state index in [1.165, 1.54) is 15.3 Å². The van der Waals surface area contributed by atoms with Crippen molar-refractivity contribution >= 4 is 23.3 Å². The molecule has 0 radical (unpaired) electrons. The SMILES string of the molecule is COc1cc2c(cc1OC)C(c1cccs1)N(CN1C(=O)NC3(CC(C)CC(C)(C)C3)C1=O)CC2. The molecule has 35 heavy (non-hydrogen) atoms. The van der Waals surface area contributed by atoms with Gasteiger partial charge in [0.1, 0.15) is 5.54 Å². The van der Waals surface area contributed by atoms with Crippen molar-refractivity contribution in [2.24, 2.45) is 11.3 Å². The molecule has 2 fully saturated rings. The summed E-state index contributed by atoms with van der Waals surface area (Å²) in [5.74, 6) is 1.70. The Labute approximate surface area is 211 Å². The van der Waals surface area contributed by atoms with Crippen LogP contribution in [0.25, 0.3) is 0 Å². The van der Waals surface area contributed by atoms with Gasteiger partial charge in [0.15, 0.2) is 11.5 Å². The molecule has 1 aromatic heterocycles. The van der Waals surface area contributed by atoms with Crippen LogP contribution in [0.3, 0.4) is 0 Å². The van der Waals surface area contributed by atoms with Crippen molar-refractivity contribution in [2.45, 2.75) is 58.0 Å². The van der Waals surface area contributed by atoms with E-state index >= 15 is 0 Å². The smallest absolute Gasteiger partial charge is 0.326 e. The molecule has 1 aromatic carbocycles. The number of benzene rings is 1. The number of amides is 3. The number of ether oxygens (including phenoxy) is 2. The number of hydrogen-bond acceptors (Lipinski definition) is 6. The molecule has 1 saturated heterocycles. The van der Waals surface area contributed by atoms with Crippen LogP contribution in [0.4, 0.5) is 4.79 Å². The molecule has 1 aliphatic carbocycles. The highest BCUT2D eigenvalue weighted by atomic mass is 32.1. The predicted molar refractivity (Wildman–Crippen MR) is 136 cm³/mol. The summed E-state index contributed by atoms with van der Waals surface area (Å²) in [6.07, 6.45) is 3.24. The van der Waals surface area contributed by atoms with Crippen molar-refractivity contribution in [1.82, 2.24) is 15.1 Å². The Morgan fingerprint density at radius 2 is 1.89 bits per heavy atom. The molecule has 3 atom stereocenters. The van der Waals surface area contributed by atoms with E-state index in [1.807, 2.05) is 12.1 Å². The van der Waals surface area contributed by atoms with E-state index < -0.39 is 5.54 Å². The summed E-state index contributed by atoms with van der Waals surface area (Å²) in [5, 5.41) is 5.19. The van der Waals surface area contributed by atoms with Gasteiger partial charge in [0.05, 0.1) is 26.9 Å². The summed E-state index contributed by atoms with van der Waals surface area (Å²) in [4.78, 5) is 31.9. The minimum absolute atomic E-state index is 0.00972. The zero-order valence-electron chi connectivity index (χ0n) is 21.2. The Morgan fingerprint density at radius 1 is 1.14 bits per heavy atom. The molecule has 3 amide bonds. The lowest BCUT2D eigenvalue weighted by Gasteiger charge is -2.44. The number of carbonyl (C=O) groups excluding carboxylic acids is 2. The molecule has 8 heteroatoms. The number of urea groups is 1. The third-order valence-electron chi connectivity index (χ3n) is 7.73. The summed E-state index contributed by atoms with van der Waals surface area (Å²) in [6.45, 7) is 7.57. The van der Waals surface area contributed by atoms with Crippen LogP contribution in [0, 0.1) is 11.3 Å². The Hall–Kier alpha value is -2.58. The van der Waals surface area contributed by atoms with Crippen molar-refractivity contribution in [3.8, 4) is 11.5 Å². The van der Waals surface area contributed by atoms with Gasteiger partial charge in [0.25, 0.3) is 5.91 Å². The maximum Gasteiger partial charge on any atom is 0.326 e. The lowest BCUT2D eigenvalue weighted by molar-refractivity contribution is -0.136. The zero-order valence-corrected chi connectivity index (χ0v) is 22.0. The number of thiophene rings is 1. The molecule has 7 nitrogen and oxygen atoms in total. The Kier molecular flexibility index (Phi) is 6.08. The van der Waals surface area contributed by atoms with Gasteiger partial charge in [-0.05, 0) is 71.7 Å². The van der Waals surface area contributed by atoms with E-state index in [0.717, 1.165) is 30.7 Å². The monoisotopic (exact) mass is 497 g/mol. The highest BCUT2D eigenvalue weighted by molar-refractivity contribution is 7.10. The summed E-state index contributed by atoms with van der Waals surface area (Å²) in [6, 6.07) is 7.92. The Bertz CT molecular complexity index is 1130. The first-order chi connectivity index (χ1) is 16.7. The molecule has 0 bridgehead atoms. The quantitative estimate of drug-likeness (QED) is 0.601. The average molecular weight is 498 g/mol. The predicted octanol–water partition coefficient (Wildman–Crippen LogP) is 4.81. The van der Waals surface area contributed by atoms with Gasteiger partial charge in [-0.15, -0.1) is 11.3 Å². The molecule has 3 unspecified atom stereocenters. The van der Waals surface area contributed by atoms with Gasteiger partial charge in [-0.3, -0.25) is 9.69 Å². The first-order valence-electron chi connectivity index (χ1n) is 12.3. The summed E-state index contributed by atoms with van der Waals surface area (Å²) < 4.78 is 11.1. The van der Waals surface area contributed by atoms with Gasteiger partial charge in [-0.25, -0.2) is 9.69 Å². The van der Waals surface area contributed by atoms with Gasteiger partial charge < -0.3 is 14.8 Å². The normalized spacial score (nSPS) is 28.2. The number of nitrogens with zero attached hydrogens (tertiary/aromatic N) is 2. The molecule has 2 aliphatic heterocycles. The highest BCUT2D eigenvalue weighted by Gasteiger charge is 2.56. The molecule has 3 aliphatic rings. The average Bonchev–Trinajstić information content (AvgIpc) is 3.39. The topological polar surface area (TPSA) is 71.1 Å². The van der Waals surface area contributed by atoms with Crippen LogP contribution >= 0.6 is 11.3 Å². The molecule has 1 saturated carbocycles. The van der Waals surface area contributed by atoms with Crippen molar-refractivity contribution < 1.29 is 19.1 Å². The summed E-state index contributed by atoms with van der Waals surface area (Å²) in [5.41, 5.74) is 1.55. The van der Waals surface area contributed by atoms with E-state index in [2.05, 4.69) is 48.5 Å². The van der Waals surface area contributed by atoms with Gasteiger partial charge in [0.2, 0.25) is 0 Å². The fourth-order valence-corrected chi connectivity index (χ4v) is 7.62. The Morgan fingerprint density at radius 3 is 2.54 bits per heavy atom. The number of rotatable bonds is 5. The lowest BCUT2D eigenvalue weighted by Crippen LogP contribution is -2.54. The zero-order chi connectivity index (χ0) is 25.0. The maximum absolute atomic E-state index is 13.8. The van der Waals surface area contributed by atoms with Crippen LogP contribution in [-0.2, 0) is 11.2 Å². The van der Waals surface area contributed by atoms with Crippen LogP contribution < -0.4 is 14.8 Å². The number of carbonyl (C=O) groups is 2. The Balaban J connectivity index is 1.47. The molecule has 188 valence electrons. The van der Waals surface area contributed by atoms with E-state index in [1.54, 1.807) is 25.6 Å². The van der Waals surface area contributed by atoms with E-state index in [0.29, 0.717) is 24.5 Å². The lowest BCUT2D eigenvalue weighted by atomic mass is 9.64. The molecule has 5 rings (SSSR count). The maximum atomic E-state index is 13.8. The van der Waals surface area contributed by atoms with E-state index in [4.69, 9.17) is 9.47 Å². The van der Waals surface area contributed by atoms with Crippen LogP contribution in [0.5, 0.6) is 11.5 Å². The third kappa shape index (κ3) is 4.20. The van der Waals surface area contributed by atoms with Crippen LogP contribution in [0.1, 0.15) is 62.1 Å². The second-order valence-corrected chi connectivity index (χ2v) is 12.1. The largest absolute Gasteiger partial charge is 0.493 e. The first kappa shape index (κ1) is 24.1. The minimum atomic E-state index is -0.791. The van der Waals surface area contributed by atoms with Gasteiger partial charge >= 0.3 is 6.03 Å². The molecule has 1 N–H and O–H groups in total. The summed E-state index contributed by atoms with van der Waals surface area (Å²) in [7, 11) is 3.29. The number of imide groups is 1. The molecular formula is C27H35N3O4S. The number of methoxy groups -OCH3 is 2. The fourth-order valence-electron chi connectivity index (χ4n) is 6.75. The number of hydrogen-bond donors (Lipinski definition) is 1. The van der Waals surface area contributed by atoms with Gasteiger partial charge in [-0.2, -0.15) is 0 Å². The first-order valence-corrected chi connectivity index (χ1v) is 13.2. The van der Waals surface area contributed by atoms with E-state index in [-0.39, 0.29) is 30.1 Å². The van der Waals surface area contributed by atoms with Crippen molar-refractivity contribution in [3.63, 3.8) is 0 Å². The fraction of sp³-hybridized carbons (Fsp3) is 0.556. The van der Waals surface area contributed by atoms with Crippen molar-refractivity contribution in [1.29, 1.82) is 0 Å². The third-order valence-corrected chi connectivity index (χ3v) is 8.66. The van der Waals surface area contributed by atoms with E-state index in [9.17, 15) is 9.59 Å². The second kappa shape index (κ2) is 8.82. The van der Waals surface area contributed by atoms with Crippen molar-refractivity contribution in [3.05, 3.63) is 45.6 Å². The molecule has 1 spiro atoms. The molecule has 3 heterocycles. The van der Waals surface area contributed by atoms with Gasteiger partial charge in [-0.1, -0.05) is 26.8 Å². The van der Waals surface area contributed by atoms with Crippen molar-refractivity contribution in [2.75, 3.05) is 27.4 Å². The van der Waals surface area contributed by atoms with Crippen LogP contribution in [0.15, 0.2) is 29.6 Å². The standard InChI is InChI=1S/C27H35N3O4S/c1-17-13-26(2,3)15-27(14-17)24(31)30(25(32)28-27)16-29-9-8-18-11-20(33-4)21(34-5)12-19(18)23(29)22-7-6-10-35-22/h6-7,10-12,17,23H,8-9,13-16H2,1-5H3,(H,28,32). The highest BCUT2D eigenvalue weighted by Crippen LogP contribution is 2.47. The number of nitrogens with one attached hydrogen (secondary N) is 1. The summed E-state index contributed by atoms with van der Waals surface area (Å²) >= 11 is 1.68. The van der Waals surface area contributed by atoms with Crippen LogP contribution in [-0.4, -0.2) is 54.7 Å². The number of fused-ring (bicyclic) bond motifs is 1. The van der Waals surface area contributed by atoms with Crippen LogP contribution in [0.2, 0.25) is 0 Å².